The second-order valence-electron chi connectivity index (χ2n) is 6.64. The summed E-state index contributed by atoms with van der Waals surface area (Å²) in [6, 6.07) is 17.6. The molecule has 0 aliphatic heterocycles. The number of rotatable bonds is 7. The Balaban J connectivity index is 0. The van der Waals surface area contributed by atoms with E-state index in [2.05, 4.69) is 51.6 Å². The quantitative estimate of drug-likeness (QED) is 0.249. The molecular weight excluding hydrogens is 422 g/mol. The van der Waals surface area contributed by atoms with Gasteiger partial charge in [-0.3, -0.25) is 14.6 Å². The Labute approximate surface area is 197 Å². The lowest BCUT2D eigenvalue weighted by Crippen LogP contribution is -2.28. The van der Waals surface area contributed by atoms with Gasteiger partial charge in [0, 0.05) is 4.91 Å². The molecular formula is C25H37N3O3S. The number of carbonyl (C=O) groups is 2. The standard InChI is InChI=1S/C12H14N2OS.C7H8.C5H13N.CH2O2/c1-3-7-16-10(2)11-5-4-6-12(8-11)14(13)9-15;1-7-5-3-2-4-6-7;1-4-5-6(2)3;2-1-3/h3-9H,2,13H2,1H3;2-6H,1H3;4-5H2,1-3H3;1H,(H,2,3)/b7-3-;;;. The highest BCUT2D eigenvalue weighted by atomic mass is 32.2. The smallest absolute Gasteiger partial charge is 0.290 e. The molecule has 0 bridgehead atoms. The molecule has 2 aromatic rings. The van der Waals surface area contributed by atoms with Crippen molar-refractivity contribution < 1.29 is 14.7 Å². The van der Waals surface area contributed by atoms with Gasteiger partial charge in [0.25, 0.3) is 6.47 Å². The Bertz CT molecular complexity index is 781. The van der Waals surface area contributed by atoms with Crippen molar-refractivity contribution >= 4 is 35.2 Å². The van der Waals surface area contributed by atoms with Crippen molar-refractivity contribution in [2.75, 3.05) is 25.6 Å². The average molecular weight is 460 g/mol. The molecule has 2 rings (SSSR count). The van der Waals surface area contributed by atoms with Gasteiger partial charge in [-0.1, -0.05) is 79.4 Å². The van der Waals surface area contributed by atoms with Crippen LogP contribution in [0.4, 0.5) is 5.69 Å². The Morgan fingerprint density at radius 3 is 2.09 bits per heavy atom. The molecule has 0 atom stereocenters. The fourth-order valence-corrected chi connectivity index (χ4v) is 2.66. The number of aryl methyl sites for hydroxylation is 1. The van der Waals surface area contributed by atoms with Crippen LogP contribution in [0.3, 0.4) is 0 Å². The predicted molar refractivity (Wildman–Crippen MR) is 139 cm³/mol. The number of carboxylic acid groups (broad SMARTS) is 1. The highest BCUT2D eigenvalue weighted by Gasteiger charge is 2.03. The van der Waals surface area contributed by atoms with Crippen LogP contribution in [-0.4, -0.2) is 43.5 Å². The van der Waals surface area contributed by atoms with Crippen LogP contribution in [0.5, 0.6) is 0 Å². The van der Waals surface area contributed by atoms with Crippen LogP contribution in [0.25, 0.3) is 4.91 Å². The number of hydrazine groups is 1. The molecule has 0 spiro atoms. The minimum Gasteiger partial charge on any atom is -0.483 e. The Morgan fingerprint density at radius 2 is 1.72 bits per heavy atom. The van der Waals surface area contributed by atoms with E-state index < -0.39 is 0 Å². The van der Waals surface area contributed by atoms with E-state index in [0.29, 0.717) is 12.1 Å². The zero-order chi connectivity index (χ0) is 24.8. The topological polar surface area (TPSA) is 86.9 Å². The van der Waals surface area contributed by atoms with Gasteiger partial charge in [-0.15, -0.1) is 0 Å². The number of nitrogens with zero attached hydrogens (tertiary/aromatic N) is 2. The normalized spacial score (nSPS) is 9.34. The lowest BCUT2D eigenvalue weighted by molar-refractivity contribution is -0.122. The molecule has 0 unspecified atom stereocenters. The van der Waals surface area contributed by atoms with Gasteiger partial charge in [0.2, 0.25) is 6.41 Å². The van der Waals surface area contributed by atoms with Crippen LogP contribution < -0.4 is 10.9 Å². The lowest BCUT2D eigenvalue weighted by Gasteiger charge is -2.11. The van der Waals surface area contributed by atoms with E-state index in [-0.39, 0.29) is 6.47 Å². The van der Waals surface area contributed by atoms with E-state index >= 15 is 0 Å². The number of hydrogen-bond donors (Lipinski definition) is 2. The number of carbonyl (C=O) groups excluding carboxylic acids is 1. The average Bonchev–Trinajstić information content (AvgIpc) is 2.79. The third-order valence-electron chi connectivity index (χ3n) is 3.54. The summed E-state index contributed by atoms with van der Waals surface area (Å²) in [5, 5.41) is 9.88. The van der Waals surface area contributed by atoms with Crippen LogP contribution >= 0.6 is 11.8 Å². The van der Waals surface area contributed by atoms with Gasteiger partial charge in [0.1, 0.15) is 0 Å². The molecule has 3 N–H and O–H groups in total. The maximum absolute atomic E-state index is 10.5. The van der Waals surface area contributed by atoms with E-state index in [0.717, 1.165) is 15.5 Å². The summed E-state index contributed by atoms with van der Waals surface area (Å²) in [6.45, 7) is 11.1. The summed E-state index contributed by atoms with van der Waals surface area (Å²) in [4.78, 5) is 22.0. The van der Waals surface area contributed by atoms with Gasteiger partial charge < -0.3 is 10.0 Å². The molecule has 176 valence electrons. The molecule has 6 nitrogen and oxygen atoms in total. The third-order valence-corrected chi connectivity index (χ3v) is 4.47. The Kier molecular flexibility index (Phi) is 20.9. The van der Waals surface area contributed by atoms with Crippen LogP contribution in [0.1, 0.15) is 31.4 Å². The summed E-state index contributed by atoms with van der Waals surface area (Å²) in [5.41, 5.74) is 2.93. The van der Waals surface area contributed by atoms with Crippen molar-refractivity contribution in [3.05, 3.63) is 83.8 Å². The Hall–Kier alpha value is -2.87. The van der Waals surface area contributed by atoms with Crippen molar-refractivity contribution in [2.45, 2.75) is 27.2 Å². The van der Waals surface area contributed by atoms with E-state index in [1.807, 2.05) is 54.8 Å². The molecule has 0 heterocycles. The molecule has 0 fully saturated rings. The number of thioether (sulfide) groups is 1. The molecule has 32 heavy (non-hydrogen) atoms. The van der Waals surface area contributed by atoms with E-state index in [9.17, 15) is 4.79 Å². The molecule has 2 aromatic carbocycles. The fourth-order valence-electron chi connectivity index (χ4n) is 2.10. The lowest BCUT2D eigenvalue weighted by atomic mass is 10.2. The summed E-state index contributed by atoms with van der Waals surface area (Å²) in [5.74, 6) is 5.48. The third kappa shape index (κ3) is 17.9. The summed E-state index contributed by atoms with van der Waals surface area (Å²) < 4.78 is 0. The molecule has 0 aliphatic rings. The van der Waals surface area contributed by atoms with Crippen molar-refractivity contribution in [2.24, 2.45) is 5.84 Å². The summed E-state index contributed by atoms with van der Waals surface area (Å²) >= 11 is 1.53. The first kappa shape index (κ1) is 31.3. The van der Waals surface area contributed by atoms with Crippen LogP contribution in [0, 0.1) is 6.92 Å². The van der Waals surface area contributed by atoms with E-state index in [1.54, 1.807) is 6.07 Å². The minimum atomic E-state index is -0.250. The van der Waals surface area contributed by atoms with Gasteiger partial charge in [0.15, 0.2) is 0 Å². The number of hydrogen-bond acceptors (Lipinski definition) is 5. The van der Waals surface area contributed by atoms with E-state index in [1.165, 1.54) is 30.3 Å². The molecule has 0 aliphatic carbocycles. The summed E-state index contributed by atoms with van der Waals surface area (Å²) in [7, 11) is 4.17. The molecule has 0 saturated carbocycles. The highest BCUT2D eigenvalue weighted by Crippen LogP contribution is 2.28. The van der Waals surface area contributed by atoms with Gasteiger partial charge in [-0.25, -0.2) is 5.84 Å². The highest BCUT2D eigenvalue weighted by molar-refractivity contribution is 8.10. The van der Waals surface area contributed by atoms with Gasteiger partial charge in [0.05, 0.1) is 5.69 Å². The first-order valence-corrected chi connectivity index (χ1v) is 11.0. The van der Waals surface area contributed by atoms with Crippen molar-refractivity contribution in [1.82, 2.24) is 4.90 Å². The monoisotopic (exact) mass is 459 g/mol. The number of amides is 1. The van der Waals surface area contributed by atoms with Crippen LogP contribution in [0.2, 0.25) is 0 Å². The number of anilines is 1. The predicted octanol–water partition coefficient (Wildman–Crippen LogP) is 5.41. The zero-order valence-corrected chi connectivity index (χ0v) is 20.6. The molecule has 0 radical (unpaired) electrons. The molecule has 0 saturated heterocycles. The maximum atomic E-state index is 10.5. The number of allylic oxidation sites excluding steroid dienone is 1. The zero-order valence-electron chi connectivity index (χ0n) is 19.8. The Morgan fingerprint density at radius 1 is 1.12 bits per heavy atom. The summed E-state index contributed by atoms with van der Waals surface area (Å²) in [6.07, 6.45) is 3.77. The molecule has 1 amide bonds. The van der Waals surface area contributed by atoms with Crippen LogP contribution in [-0.2, 0) is 9.59 Å². The first-order chi connectivity index (χ1) is 15.3. The van der Waals surface area contributed by atoms with Crippen molar-refractivity contribution in [3.8, 4) is 0 Å². The number of nitrogens with two attached hydrogens (primary N) is 1. The van der Waals surface area contributed by atoms with Crippen LogP contribution in [0.15, 0.2) is 72.7 Å². The van der Waals surface area contributed by atoms with Gasteiger partial charge in [-0.2, -0.15) is 0 Å². The maximum Gasteiger partial charge on any atom is 0.290 e. The first-order valence-electron chi connectivity index (χ1n) is 10.1. The number of benzene rings is 2. The largest absolute Gasteiger partial charge is 0.483 e. The van der Waals surface area contributed by atoms with E-state index in [4.69, 9.17) is 15.7 Å². The van der Waals surface area contributed by atoms with Crippen molar-refractivity contribution in [1.29, 1.82) is 0 Å². The molecule has 0 aromatic heterocycles. The molecule has 7 heteroatoms. The van der Waals surface area contributed by atoms with Crippen molar-refractivity contribution in [3.63, 3.8) is 0 Å². The van der Waals surface area contributed by atoms with Gasteiger partial charge in [-0.05, 0) is 64.0 Å². The second kappa shape index (κ2) is 21.4. The van der Waals surface area contributed by atoms with Gasteiger partial charge >= 0.3 is 0 Å². The minimum absolute atomic E-state index is 0.250. The second-order valence-corrected chi connectivity index (χ2v) is 7.64. The fraction of sp³-hybridized carbons (Fsp3) is 0.280. The SMILES string of the molecule is C=C(S/C=C\C)c1cccc(N(N)C=O)c1.CCCN(C)C.Cc1ccccc1.O=CO.